The van der Waals surface area contributed by atoms with Gasteiger partial charge in [-0.05, 0) is 12.8 Å². The highest BCUT2D eigenvalue weighted by Gasteiger charge is 2.42. The number of hydrogen-bond donors (Lipinski definition) is 1. The molecule has 0 aromatic heterocycles. The van der Waals surface area contributed by atoms with E-state index in [0.717, 1.165) is 12.8 Å². The monoisotopic (exact) mass is 169 g/mol. The van der Waals surface area contributed by atoms with Crippen LogP contribution in [-0.2, 0) is 9.53 Å². The van der Waals surface area contributed by atoms with Crippen LogP contribution in [0.15, 0.2) is 0 Å². The number of amides is 1. The molecule has 1 amide bonds. The third-order valence-corrected chi connectivity index (χ3v) is 2.95. The molecular weight excluding hydrogens is 154 g/mol. The van der Waals surface area contributed by atoms with Crippen molar-refractivity contribution < 1.29 is 9.53 Å². The lowest BCUT2D eigenvalue weighted by molar-refractivity contribution is -0.131. The molecule has 2 rings (SSSR count). The lowest BCUT2D eigenvalue weighted by atomic mass is 9.86. The molecule has 3 nitrogen and oxygen atoms in total. The summed E-state index contributed by atoms with van der Waals surface area (Å²) in [5.41, 5.74) is -0.156. The van der Waals surface area contributed by atoms with Crippen LogP contribution in [0, 0.1) is 5.41 Å². The van der Waals surface area contributed by atoms with Crippen LogP contribution in [0.1, 0.15) is 25.7 Å². The predicted molar refractivity (Wildman–Crippen MR) is 44.7 cm³/mol. The van der Waals surface area contributed by atoms with E-state index in [-0.39, 0.29) is 11.3 Å². The van der Waals surface area contributed by atoms with Crippen LogP contribution in [0.4, 0.5) is 0 Å². The van der Waals surface area contributed by atoms with Gasteiger partial charge >= 0.3 is 0 Å². The molecule has 1 N–H and O–H groups in total. The van der Waals surface area contributed by atoms with Crippen molar-refractivity contribution in [2.24, 2.45) is 5.41 Å². The molecule has 0 bridgehead atoms. The molecule has 1 spiro atoms. The Morgan fingerprint density at radius 1 is 1.33 bits per heavy atom. The molecule has 1 heterocycles. The molecule has 0 atom stereocenters. The Labute approximate surface area is 72.5 Å². The highest BCUT2D eigenvalue weighted by Crippen LogP contribution is 2.39. The second-order valence-corrected chi connectivity index (χ2v) is 3.80. The highest BCUT2D eigenvalue weighted by atomic mass is 16.5. The van der Waals surface area contributed by atoms with Gasteiger partial charge in [0.1, 0.15) is 0 Å². The summed E-state index contributed by atoms with van der Waals surface area (Å²) in [6, 6.07) is 0. The fraction of sp³-hybridized carbons (Fsp3) is 0.889. The summed E-state index contributed by atoms with van der Waals surface area (Å²) < 4.78 is 5.42. The van der Waals surface area contributed by atoms with Gasteiger partial charge in [-0.2, -0.15) is 0 Å². The van der Waals surface area contributed by atoms with Crippen molar-refractivity contribution in [1.82, 2.24) is 5.32 Å². The van der Waals surface area contributed by atoms with Gasteiger partial charge < -0.3 is 10.1 Å². The van der Waals surface area contributed by atoms with E-state index in [9.17, 15) is 4.79 Å². The quantitative estimate of drug-likeness (QED) is 0.579. The molecule has 0 unspecified atom stereocenters. The highest BCUT2D eigenvalue weighted by molar-refractivity contribution is 5.83. The van der Waals surface area contributed by atoms with Crippen molar-refractivity contribution >= 4 is 5.91 Å². The van der Waals surface area contributed by atoms with E-state index in [1.54, 1.807) is 0 Å². The number of carbonyl (C=O) groups excluding carboxylic acids is 1. The lowest BCUT2D eigenvalue weighted by Gasteiger charge is -2.23. The zero-order valence-electron chi connectivity index (χ0n) is 7.27. The third-order valence-electron chi connectivity index (χ3n) is 2.95. The van der Waals surface area contributed by atoms with Crippen LogP contribution in [0.5, 0.6) is 0 Å². The molecule has 0 aromatic carbocycles. The van der Waals surface area contributed by atoms with Gasteiger partial charge in [0, 0.05) is 6.54 Å². The van der Waals surface area contributed by atoms with Gasteiger partial charge in [-0.3, -0.25) is 4.79 Å². The van der Waals surface area contributed by atoms with Gasteiger partial charge in [0.2, 0.25) is 5.91 Å². The zero-order chi connectivity index (χ0) is 8.44. The molecule has 68 valence electrons. The van der Waals surface area contributed by atoms with Crippen molar-refractivity contribution in [3.63, 3.8) is 0 Å². The van der Waals surface area contributed by atoms with Gasteiger partial charge in [-0.25, -0.2) is 0 Å². The smallest absolute Gasteiger partial charge is 0.228 e. The maximum atomic E-state index is 11.6. The molecule has 1 aliphatic heterocycles. The van der Waals surface area contributed by atoms with Crippen LogP contribution in [0.2, 0.25) is 0 Å². The Morgan fingerprint density at radius 3 is 2.83 bits per heavy atom. The molecule has 0 aromatic rings. The van der Waals surface area contributed by atoms with E-state index in [0.29, 0.717) is 19.8 Å². The first-order chi connectivity index (χ1) is 5.83. The summed E-state index contributed by atoms with van der Waals surface area (Å²) in [7, 11) is 0. The van der Waals surface area contributed by atoms with Crippen molar-refractivity contribution in [2.75, 3.05) is 19.8 Å². The SMILES string of the molecule is O=C1NCCOCC12CCCC2. The Hall–Kier alpha value is -0.570. The molecule has 3 heteroatoms. The number of nitrogens with one attached hydrogen (secondary N) is 1. The Morgan fingerprint density at radius 2 is 2.08 bits per heavy atom. The van der Waals surface area contributed by atoms with Crippen molar-refractivity contribution in [1.29, 1.82) is 0 Å². The van der Waals surface area contributed by atoms with Gasteiger partial charge in [-0.15, -0.1) is 0 Å². The average Bonchev–Trinajstić information content (AvgIpc) is 2.45. The lowest BCUT2D eigenvalue weighted by Crippen LogP contribution is -2.39. The molecule has 1 aliphatic carbocycles. The first-order valence-corrected chi connectivity index (χ1v) is 4.70. The maximum Gasteiger partial charge on any atom is 0.228 e. The maximum absolute atomic E-state index is 11.6. The van der Waals surface area contributed by atoms with Crippen LogP contribution in [0.25, 0.3) is 0 Å². The van der Waals surface area contributed by atoms with Crippen LogP contribution in [0.3, 0.4) is 0 Å². The van der Waals surface area contributed by atoms with E-state index in [4.69, 9.17) is 4.74 Å². The number of rotatable bonds is 0. The summed E-state index contributed by atoms with van der Waals surface area (Å²) >= 11 is 0. The minimum Gasteiger partial charge on any atom is -0.379 e. The van der Waals surface area contributed by atoms with E-state index in [2.05, 4.69) is 5.32 Å². The zero-order valence-corrected chi connectivity index (χ0v) is 7.27. The normalized spacial score (nSPS) is 28.5. The molecule has 12 heavy (non-hydrogen) atoms. The van der Waals surface area contributed by atoms with Gasteiger partial charge in [-0.1, -0.05) is 12.8 Å². The number of ether oxygens (including phenoxy) is 1. The largest absolute Gasteiger partial charge is 0.379 e. The Balaban J connectivity index is 2.13. The second kappa shape index (κ2) is 3.05. The van der Waals surface area contributed by atoms with E-state index in [1.807, 2.05) is 0 Å². The van der Waals surface area contributed by atoms with E-state index in [1.165, 1.54) is 12.8 Å². The minimum absolute atomic E-state index is 0.156. The summed E-state index contributed by atoms with van der Waals surface area (Å²) in [5, 5.41) is 2.91. The third kappa shape index (κ3) is 1.22. The van der Waals surface area contributed by atoms with Gasteiger partial charge in [0.15, 0.2) is 0 Å². The Kier molecular flexibility index (Phi) is 2.05. The fourth-order valence-corrected chi connectivity index (χ4v) is 2.18. The molecule has 1 saturated carbocycles. The van der Waals surface area contributed by atoms with Crippen molar-refractivity contribution in [3.8, 4) is 0 Å². The average molecular weight is 169 g/mol. The molecule has 0 radical (unpaired) electrons. The van der Waals surface area contributed by atoms with Crippen molar-refractivity contribution in [3.05, 3.63) is 0 Å². The summed E-state index contributed by atoms with van der Waals surface area (Å²) in [5.74, 6) is 0.220. The first-order valence-electron chi connectivity index (χ1n) is 4.70. The molecular formula is C9H15NO2. The second-order valence-electron chi connectivity index (χ2n) is 3.80. The molecule has 2 aliphatic rings. The number of carbonyl (C=O) groups is 1. The van der Waals surface area contributed by atoms with Gasteiger partial charge in [0.05, 0.1) is 18.6 Å². The topological polar surface area (TPSA) is 38.3 Å². The Bertz CT molecular complexity index is 185. The van der Waals surface area contributed by atoms with Crippen LogP contribution >= 0.6 is 0 Å². The summed E-state index contributed by atoms with van der Waals surface area (Å²) in [6.45, 7) is 1.99. The first kappa shape index (κ1) is 8.05. The molecule has 1 saturated heterocycles. The van der Waals surface area contributed by atoms with Crippen LogP contribution < -0.4 is 5.32 Å². The molecule has 2 fully saturated rings. The fourth-order valence-electron chi connectivity index (χ4n) is 2.18. The minimum atomic E-state index is -0.156. The predicted octanol–water partition coefficient (Wildman–Crippen LogP) is 0.693. The standard InChI is InChI=1S/C9H15NO2/c11-8-9(3-1-2-4-9)7-12-6-5-10-8/h1-7H2,(H,10,11). The van der Waals surface area contributed by atoms with Crippen molar-refractivity contribution in [2.45, 2.75) is 25.7 Å². The van der Waals surface area contributed by atoms with E-state index >= 15 is 0 Å². The summed E-state index contributed by atoms with van der Waals surface area (Å²) in [6.07, 6.45) is 4.38. The van der Waals surface area contributed by atoms with E-state index < -0.39 is 0 Å². The van der Waals surface area contributed by atoms with Gasteiger partial charge in [0.25, 0.3) is 0 Å². The summed E-state index contributed by atoms with van der Waals surface area (Å²) in [4.78, 5) is 11.6. The van der Waals surface area contributed by atoms with Crippen LogP contribution in [-0.4, -0.2) is 25.7 Å². The number of hydrogen-bond acceptors (Lipinski definition) is 2.